The highest BCUT2D eigenvalue weighted by molar-refractivity contribution is 7.98. The van der Waals surface area contributed by atoms with E-state index in [-0.39, 0.29) is 12.0 Å². The van der Waals surface area contributed by atoms with Crippen molar-refractivity contribution in [3.63, 3.8) is 0 Å². The number of ether oxygens (including phenoxy) is 1. The third-order valence-corrected chi connectivity index (χ3v) is 6.36. The molecule has 0 saturated carbocycles. The van der Waals surface area contributed by atoms with Crippen LogP contribution in [0.5, 0.6) is 0 Å². The minimum Gasteiger partial charge on any atom is -0.374 e. The lowest BCUT2D eigenvalue weighted by Gasteiger charge is -2.34. The van der Waals surface area contributed by atoms with Crippen molar-refractivity contribution in [1.82, 2.24) is 19.6 Å². The molecular formula is C24H30N4O2S. The van der Waals surface area contributed by atoms with E-state index in [4.69, 9.17) is 4.74 Å². The molecule has 0 bridgehead atoms. The van der Waals surface area contributed by atoms with E-state index in [0.717, 1.165) is 42.5 Å². The maximum absolute atomic E-state index is 12.9. The molecule has 1 aliphatic rings. The molecule has 3 aromatic rings. The Hall–Kier alpha value is -2.35. The Morgan fingerprint density at radius 3 is 2.94 bits per heavy atom. The van der Waals surface area contributed by atoms with Crippen molar-refractivity contribution >= 4 is 23.3 Å². The number of rotatable bonds is 8. The first-order valence-corrected chi connectivity index (χ1v) is 11.8. The lowest BCUT2D eigenvalue weighted by atomic mass is 10.1. The number of imidazole rings is 1. The average molecular weight is 439 g/mol. The van der Waals surface area contributed by atoms with Crippen LogP contribution >= 0.6 is 11.8 Å². The van der Waals surface area contributed by atoms with Crippen LogP contribution in [0.3, 0.4) is 0 Å². The van der Waals surface area contributed by atoms with E-state index in [9.17, 15) is 4.79 Å². The van der Waals surface area contributed by atoms with E-state index in [1.807, 2.05) is 59.3 Å². The SMILES string of the molecule is CC(C)CN1CCOC(CNC(=O)c2ccccc2SCc2cn3ccccc3n2)C1. The van der Waals surface area contributed by atoms with E-state index in [1.54, 1.807) is 11.8 Å². The number of aromatic nitrogens is 2. The monoisotopic (exact) mass is 438 g/mol. The van der Waals surface area contributed by atoms with E-state index < -0.39 is 0 Å². The van der Waals surface area contributed by atoms with Gasteiger partial charge in [0.15, 0.2) is 0 Å². The predicted octanol–water partition coefficient (Wildman–Crippen LogP) is 3.71. The Kier molecular flexibility index (Phi) is 7.27. The zero-order chi connectivity index (χ0) is 21.6. The minimum absolute atomic E-state index is 0.0363. The molecule has 6 nitrogen and oxygen atoms in total. The number of pyridine rings is 1. The number of carbonyl (C=O) groups is 1. The van der Waals surface area contributed by atoms with Gasteiger partial charge in [0, 0.05) is 49.2 Å². The van der Waals surface area contributed by atoms with Gasteiger partial charge in [-0.05, 0) is 30.2 Å². The van der Waals surface area contributed by atoms with Crippen LogP contribution in [-0.4, -0.2) is 59.1 Å². The van der Waals surface area contributed by atoms with E-state index in [2.05, 4.69) is 29.0 Å². The summed E-state index contributed by atoms with van der Waals surface area (Å²) in [5, 5.41) is 3.08. The molecule has 0 spiro atoms. The number of hydrogen-bond acceptors (Lipinski definition) is 5. The molecule has 1 atom stereocenters. The van der Waals surface area contributed by atoms with Crippen LogP contribution in [0, 0.1) is 5.92 Å². The van der Waals surface area contributed by atoms with Gasteiger partial charge in [-0.15, -0.1) is 11.8 Å². The normalized spacial score (nSPS) is 17.3. The first kappa shape index (κ1) is 21.9. The highest BCUT2D eigenvalue weighted by Crippen LogP contribution is 2.26. The van der Waals surface area contributed by atoms with Gasteiger partial charge in [0.2, 0.25) is 0 Å². The summed E-state index contributed by atoms with van der Waals surface area (Å²) in [6.45, 7) is 8.60. The molecule has 1 fully saturated rings. The first-order chi connectivity index (χ1) is 15.1. The van der Waals surface area contributed by atoms with Gasteiger partial charge in [-0.25, -0.2) is 4.98 Å². The van der Waals surface area contributed by atoms with Crippen molar-refractivity contribution in [2.45, 2.75) is 30.6 Å². The van der Waals surface area contributed by atoms with Gasteiger partial charge in [0.05, 0.1) is 24.0 Å². The Morgan fingerprint density at radius 1 is 1.26 bits per heavy atom. The number of fused-ring (bicyclic) bond motifs is 1. The molecule has 0 radical (unpaired) electrons. The molecule has 0 aliphatic carbocycles. The molecule has 7 heteroatoms. The summed E-state index contributed by atoms with van der Waals surface area (Å²) >= 11 is 1.64. The van der Waals surface area contributed by atoms with Crippen molar-refractivity contribution in [3.05, 3.63) is 66.1 Å². The maximum Gasteiger partial charge on any atom is 0.252 e. The second-order valence-electron chi connectivity index (χ2n) is 8.34. The summed E-state index contributed by atoms with van der Waals surface area (Å²) in [6.07, 6.45) is 4.07. The van der Waals surface area contributed by atoms with Crippen LogP contribution in [0.15, 0.2) is 59.8 Å². The van der Waals surface area contributed by atoms with E-state index >= 15 is 0 Å². The Morgan fingerprint density at radius 2 is 2.10 bits per heavy atom. The third kappa shape index (κ3) is 5.87. The van der Waals surface area contributed by atoms with E-state index in [0.29, 0.717) is 23.8 Å². The Balaban J connectivity index is 1.34. The number of nitrogens with one attached hydrogen (secondary N) is 1. The molecule has 31 heavy (non-hydrogen) atoms. The van der Waals surface area contributed by atoms with Gasteiger partial charge in [-0.3, -0.25) is 9.69 Å². The second kappa shape index (κ2) is 10.3. The molecular weight excluding hydrogens is 408 g/mol. The summed E-state index contributed by atoms with van der Waals surface area (Å²) in [6, 6.07) is 13.7. The highest BCUT2D eigenvalue weighted by Gasteiger charge is 2.22. The lowest BCUT2D eigenvalue weighted by molar-refractivity contribution is -0.0295. The smallest absolute Gasteiger partial charge is 0.252 e. The fourth-order valence-electron chi connectivity index (χ4n) is 3.88. The molecule has 1 aliphatic heterocycles. The molecule has 1 aromatic carbocycles. The molecule has 164 valence electrons. The van der Waals surface area contributed by atoms with E-state index in [1.165, 1.54) is 0 Å². The number of nitrogens with zero attached hydrogens (tertiary/aromatic N) is 3. The topological polar surface area (TPSA) is 58.9 Å². The van der Waals surface area contributed by atoms with Crippen LogP contribution in [-0.2, 0) is 10.5 Å². The fourth-order valence-corrected chi connectivity index (χ4v) is 4.81. The Bertz CT molecular complexity index is 986. The first-order valence-electron chi connectivity index (χ1n) is 10.8. The lowest BCUT2D eigenvalue weighted by Crippen LogP contribution is -2.48. The Labute approximate surface area is 188 Å². The largest absolute Gasteiger partial charge is 0.374 e. The van der Waals surface area contributed by atoms with Crippen molar-refractivity contribution in [1.29, 1.82) is 0 Å². The zero-order valence-corrected chi connectivity index (χ0v) is 19.0. The van der Waals surface area contributed by atoms with Crippen LogP contribution in [0.2, 0.25) is 0 Å². The summed E-state index contributed by atoms with van der Waals surface area (Å²) in [5.41, 5.74) is 2.63. The number of thioether (sulfide) groups is 1. The van der Waals surface area contributed by atoms with Gasteiger partial charge in [0.25, 0.3) is 5.91 Å². The van der Waals surface area contributed by atoms with Crippen molar-refractivity contribution in [3.8, 4) is 0 Å². The van der Waals surface area contributed by atoms with Crippen molar-refractivity contribution < 1.29 is 9.53 Å². The number of hydrogen-bond donors (Lipinski definition) is 1. The average Bonchev–Trinajstić information content (AvgIpc) is 3.19. The number of carbonyl (C=O) groups excluding carboxylic acids is 1. The summed E-state index contributed by atoms with van der Waals surface area (Å²) in [7, 11) is 0. The summed E-state index contributed by atoms with van der Waals surface area (Å²) in [5.74, 6) is 1.29. The minimum atomic E-state index is -0.0531. The fraction of sp³-hybridized carbons (Fsp3) is 0.417. The van der Waals surface area contributed by atoms with Gasteiger partial charge in [0.1, 0.15) is 5.65 Å². The van der Waals surface area contributed by atoms with Crippen LogP contribution in [0.25, 0.3) is 5.65 Å². The quantitative estimate of drug-likeness (QED) is 0.544. The molecule has 3 heterocycles. The molecule has 1 saturated heterocycles. The van der Waals surface area contributed by atoms with Gasteiger partial charge < -0.3 is 14.5 Å². The number of benzene rings is 1. The molecule has 1 unspecified atom stereocenters. The molecule has 1 amide bonds. The van der Waals surface area contributed by atoms with Crippen molar-refractivity contribution in [2.24, 2.45) is 5.92 Å². The van der Waals surface area contributed by atoms with Crippen LogP contribution in [0.4, 0.5) is 0 Å². The van der Waals surface area contributed by atoms with Crippen molar-refractivity contribution in [2.75, 3.05) is 32.8 Å². The molecule has 4 rings (SSSR count). The maximum atomic E-state index is 12.9. The molecule has 1 N–H and O–H groups in total. The zero-order valence-electron chi connectivity index (χ0n) is 18.2. The summed E-state index contributed by atoms with van der Waals surface area (Å²) < 4.78 is 7.88. The highest BCUT2D eigenvalue weighted by atomic mass is 32.2. The van der Waals surface area contributed by atoms with Gasteiger partial charge >= 0.3 is 0 Å². The predicted molar refractivity (Wildman–Crippen MR) is 125 cm³/mol. The standard InChI is InChI=1S/C24H30N4O2S/c1-18(2)14-27-11-12-30-20(16-27)13-25-24(29)21-7-3-4-8-22(21)31-17-19-15-28-10-6-5-9-23(28)26-19/h3-10,15,18,20H,11-14,16-17H2,1-2H3,(H,25,29). The van der Waals surface area contributed by atoms with Gasteiger partial charge in [-0.2, -0.15) is 0 Å². The van der Waals surface area contributed by atoms with Gasteiger partial charge in [-0.1, -0.05) is 32.0 Å². The third-order valence-electron chi connectivity index (χ3n) is 5.26. The number of amides is 1. The summed E-state index contributed by atoms with van der Waals surface area (Å²) in [4.78, 5) is 20.9. The van der Waals surface area contributed by atoms with Crippen LogP contribution < -0.4 is 5.32 Å². The molecule has 2 aromatic heterocycles. The number of morpholine rings is 1. The second-order valence-corrected chi connectivity index (χ2v) is 9.36. The van der Waals surface area contributed by atoms with Crippen LogP contribution in [0.1, 0.15) is 29.9 Å².